The minimum absolute atomic E-state index is 0.0575. The molecule has 2 unspecified atom stereocenters. The molecule has 1 aromatic heterocycles. The van der Waals surface area contributed by atoms with Crippen molar-refractivity contribution in [1.82, 2.24) is 10.4 Å². The Labute approximate surface area is 223 Å². The van der Waals surface area contributed by atoms with Crippen LogP contribution in [0.3, 0.4) is 0 Å². The number of nitrogens with zero attached hydrogens (tertiary/aromatic N) is 1. The van der Waals surface area contributed by atoms with Crippen LogP contribution >= 0.6 is 11.8 Å². The summed E-state index contributed by atoms with van der Waals surface area (Å²) in [6.45, 7) is -0.257. The summed E-state index contributed by atoms with van der Waals surface area (Å²) in [4.78, 5) is 24.9. The minimum Gasteiger partial charge on any atom is -0.485 e. The van der Waals surface area contributed by atoms with E-state index in [1.165, 1.54) is 48.4 Å². The van der Waals surface area contributed by atoms with Gasteiger partial charge in [-0.3, -0.25) is 9.80 Å². The van der Waals surface area contributed by atoms with E-state index in [1.807, 2.05) is 0 Å². The van der Waals surface area contributed by atoms with Crippen molar-refractivity contribution < 1.29 is 41.4 Å². The van der Waals surface area contributed by atoms with E-state index in [4.69, 9.17) is 9.15 Å². The Morgan fingerprint density at radius 1 is 0.974 bits per heavy atom. The molecule has 0 aliphatic carbocycles. The molecule has 7 nitrogen and oxygen atoms in total. The predicted octanol–water partition coefficient (Wildman–Crippen LogP) is 6.20. The van der Waals surface area contributed by atoms with Gasteiger partial charge < -0.3 is 14.3 Å². The van der Waals surface area contributed by atoms with Gasteiger partial charge in [0.05, 0.1) is 11.6 Å². The SMILES string of the molecule is O=C(O)c1ccoc1COc1ccccc1C1SC(c2ccc(F)cc2)NN1C(=O)c1c(F)cc(F)cc1F. The number of carbonyl (C=O) groups is 2. The molecule has 1 aliphatic heterocycles. The van der Waals surface area contributed by atoms with E-state index >= 15 is 0 Å². The molecule has 39 heavy (non-hydrogen) atoms. The highest BCUT2D eigenvalue weighted by atomic mass is 32.2. The van der Waals surface area contributed by atoms with Crippen molar-refractivity contribution in [2.75, 3.05) is 0 Å². The van der Waals surface area contributed by atoms with Gasteiger partial charge in [0.25, 0.3) is 5.91 Å². The minimum atomic E-state index is -1.38. The van der Waals surface area contributed by atoms with E-state index in [-0.39, 0.29) is 23.7 Å². The van der Waals surface area contributed by atoms with Gasteiger partial charge in [-0.2, -0.15) is 0 Å². The lowest BCUT2D eigenvalue weighted by molar-refractivity contribution is 0.0637. The highest BCUT2D eigenvalue weighted by Gasteiger charge is 2.41. The summed E-state index contributed by atoms with van der Waals surface area (Å²) in [5.74, 6) is -6.42. The number of hydrogen-bond donors (Lipinski definition) is 2. The maximum absolute atomic E-state index is 14.6. The largest absolute Gasteiger partial charge is 0.485 e. The van der Waals surface area contributed by atoms with Gasteiger partial charge in [0, 0.05) is 17.7 Å². The number of carbonyl (C=O) groups excluding carboxylic acids is 1. The topological polar surface area (TPSA) is 92.0 Å². The molecule has 1 fully saturated rings. The first kappa shape index (κ1) is 26.3. The summed E-state index contributed by atoms with van der Waals surface area (Å²) in [5, 5.41) is 8.74. The number of hydrazine groups is 1. The van der Waals surface area contributed by atoms with E-state index in [1.54, 1.807) is 24.3 Å². The Hall–Kier alpha value is -4.29. The van der Waals surface area contributed by atoms with Crippen molar-refractivity contribution in [1.29, 1.82) is 0 Å². The molecular formula is C27H18F4N2O5S. The standard InChI is InChI=1S/C27H18F4N2O5S/c28-15-7-5-14(6-8-15)24-32-33(25(34)23-19(30)11-16(29)12-20(23)31)26(39-24)17-3-1-2-4-21(17)38-13-22-18(27(35)36)9-10-37-22/h1-12,24,26,32H,13H2,(H,35,36). The second-order valence-electron chi connectivity index (χ2n) is 8.36. The number of halogens is 4. The van der Waals surface area contributed by atoms with Crippen LogP contribution in [-0.4, -0.2) is 22.0 Å². The molecule has 0 bridgehead atoms. The van der Waals surface area contributed by atoms with Gasteiger partial charge >= 0.3 is 5.97 Å². The number of rotatable bonds is 7. The van der Waals surface area contributed by atoms with Crippen molar-refractivity contribution in [2.24, 2.45) is 0 Å². The molecule has 1 amide bonds. The number of aromatic carboxylic acids is 1. The Kier molecular flexibility index (Phi) is 7.31. The fraction of sp³-hybridized carbons (Fsp3) is 0.111. The van der Waals surface area contributed by atoms with Crippen LogP contribution in [0.25, 0.3) is 0 Å². The number of carboxylic acid groups (broad SMARTS) is 1. The second kappa shape index (κ2) is 10.8. The highest BCUT2D eigenvalue weighted by Crippen LogP contribution is 2.49. The number of amides is 1. The lowest BCUT2D eigenvalue weighted by Gasteiger charge is -2.25. The molecular weight excluding hydrogens is 540 g/mol. The number of para-hydroxylation sites is 1. The maximum Gasteiger partial charge on any atom is 0.339 e. The van der Waals surface area contributed by atoms with Gasteiger partial charge in [-0.05, 0) is 29.8 Å². The fourth-order valence-electron chi connectivity index (χ4n) is 4.05. The van der Waals surface area contributed by atoms with Crippen LogP contribution in [0.15, 0.2) is 77.4 Å². The molecule has 3 aromatic carbocycles. The lowest BCUT2D eigenvalue weighted by atomic mass is 10.1. The first-order valence-corrected chi connectivity index (χ1v) is 12.3. The Morgan fingerprint density at radius 3 is 2.36 bits per heavy atom. The van der Waals surface area contributed by atoms with Crippen LogP contribution in [-0.2, 0) is 6.61 Å². The lowest BCUT2D eigenvalue weighted by Crippen LogP contribution is -2.40. The van der Waals surface area contributed by atoms with Gasteiger partial charge in [-0.25, -0.2) is 27.8 Å². The third kappa shape index (κ3) is 5.33. The maximum atomic E-state index is 14.6. The summed E-state index contributed by atoms with van der Waals surface area (Å²) in [6.07, 6.45) is 1.21. The molecule has 2 N–H and O–H groups in total. The molecule has 2 heterocycles. The molecule has 4 aromatic rings. The van der Waals surface area contributed by atoms with Crippen LogP contribution in [0.2, 0.25) is 0 Å². The zero-order valence-corrected chi connectivity index (χ0v) is 20.6. The third-order valence-electron chi connectivity index (χ3n) is 5.89. The van der Waals surface area contributed by atoms with E-state index < -0.39 is 51.5 Å². The van der Waals surface area contributed by atoms with Gasteiger partial charge in [0.15, 0.2) is 5.76 Å². The summed E-state index contributed by atoms with van der Waals surface area (Å²) in [5.41, 5.74) is 2.84. The van der Waals surface area contributed by atoms with Crippen molar-refractivity contribution >= 4 is 23.6 Å². The van der Waals surface area contributed by atoms with Crippen LogP contribution in [0.4, 0.5) is 17.6 Å². The summed E-state index contributed by atoms with van der Waals surface area (Å²) in [7, 11) is 0. The van der Waals surface area contributed by atoms with Crippen LogP contribution in [0.1, 0.15) is 48.4 Å². The Morgan fingerprint density at radius 2 is 1.67 bits per heavy atom. The molecule has 1 saturated heterocycles. The summed E-state index contributed by atoms with van der Waals surface area (Å²) in [6, 6.07) is 14.1. The summed E-state index contributed by atoms with van der Waals surface area (Å²) < 4.78 is 67.3. The smallest absolute Gasteiger partial charge is 0.339 e. The van der Waals surface area contributed by atoms with Crippen LogP contribution in [0, 0.1) is 23.3 Å². The average molecular weight is 559 g/mol. The summed E-state index contributed by atoms with van der Waals surface area (Å²) >= 11 is 1.17. The van der Waals surface area contributed by atoms with Gasteiger partial charge in [0.1, 0.15) is 52.1 Å². The number of ether oxygens (including phenoxy) is 1. The number of furan rings is 1. The van der Waals surface area contributed by atoms with Crippen molar-refractivity contribution in [3.05, 3.63) is 124 Å². The molecule has 0 spiro atoms. The Bertz CT molecular complexity index is 1520. The predicted molar refractivity (Wildman–Crippen MR) is 132 cm³/mol. The number of hydrogen-bond acceptors (Lipinski definition) is 6. The zero-order valence-electron chi connectivity index (χ0n) is 19.7. The monoisotopic (exact) mass is 558 g/mol. The number of carboxylic acids is 1. The Balaban J connectivity index is 1.51. The molecule has 2 atom stereocenters. The molecule has 0 saturated carbocycles. The van der Waals surface area contributed by atoms with Crippen molar-refractivity contribution in [2.45, 2.75) is 17.4 Å². The van der Waals surface area contributed by atoms with Crippen LogP contribution < -0.4 is 10.2 Å². The van der Waals surface area contributed by atoms with Gasteiger partial charge in [-0.15, -0.1) is 11.8 Å². The second-order valence-corrected chi connectivity index (χ2v) is 9.55. The molecule has 0 radical (unpaired) electrons. The zero-order chi connectivity index (χ0) is 27.7. The van der Waals surface area contributed by atoms with Crippen molar-refractivity contribution in [3.8, 4) is 5.75 Å². The van der Waals surface area contributed by atoms with Gasteiger partial charge in [-0.1, -0.05) is 30.3 Å². The number of nitrogens with one attached hydrogen (secondary N) is 1. The average Bonchev–Trinajstić information content (AvgIpc) is 3.55. The highest BCUT2D eigenvalue weighted by molar-refractivity contribution is 7.99. The normalized spacial score (nSPS) is 16.9. The van der Waals surface area contributed by atoms with Crippen LogP contribution in [0.5, 0.6) is 5.75 Å². The van der Waals surface area contributed by atoms with E-state index in [2.05, 4.69) is 5.43 Å². The number of thioether (sulfide) groups is 1. The first-order chi connectivity index (χ1) is 18.7. The number of benzene rings is 3. The van der Waals surface area contributed by atoms with Gasteiger partial charge in [0.2, 0.25) is 0 Å². The molecule has 12 heteroatoms. The van der Waals surface area contributed by atoms with E-state index in [0.29, 0.717) is 23.3 Å². The van der Waals surface area contributed by atoms with E-state index in [0.717, 1.165) is 5.01 Å². The van der Waals surface area contributed by atoms with E-state index in [9.17, 15) is 32.3 Å². The molecule has 200 valence electrons. The molecule has 5 rings (SSSR count). The quantitative estimate of drug-likeness (QED) is 0.261. The first-order valence-electron chi connectivity index (χ1n) is 11.4. The fourth-order valence-corrected chi connectivity index (χ4v) is 5.42. The molecule has 1 aliphatic rings. The van der Waals surface area contributed by atoms with Crippen molar-refractivity contribution in [3.63, 3.8) is 0 Å². The third-order valence-corrected chi connectivity index (χ3v) is 7.26.